The van der Waals surface area contributed by atoms with Gasteiger partial charge in [0.05, 0.1) is 17.7 Å². The zero-order valence-electron chi connectivity index (χ0n) is 20.2. The van der Waals surface area contributed by atoms with E-state index in [0.29, 0.717) is 46.1 Å². The van der Waals surface area contributed by atoms with Gasteiger partial charge in [-0.25, -0.2) is 14.4 Å². The van der Waals surface area contributed by atoms with E-state index in [1.165, 1.54) is 25.6 Å². The van der Waals surface area contributed by atoms with Crippen LogP contribution in [0.15, 0.2) is 30.7 Å². The van der Waals surface area contributed by atoms with Crippen LogP contribution in [0.5, 0.6) is 5.75 Å². The van der Waals surface area contributed by atoms with E-state index in [1.54, 1.807) is 12.3 Å². The highest BCUT2D eigenvalue weighted by Crippen LogP contribution is 2.36. The molecule has 3 N–H and O–H groups in total. The SMILES string of the molecule is COCC(=O)N[C@H]1CC[C@H](NC(=O)c2c[nH]c3c(-c4cc(F)ccc4OCC4CC4)ncnc23)CC1. The Kier molecular flexibility index (Phi) is 7.13. The van der Waals surface area contributed by atoms with Gasteiger partial charge in [0.25, 0.3) is 5.91 Å². The summed E-state index contributed by atoms with van der Waals surface area (Å²) in [5.41, 5.74) is 2.42. The molecule has 0 unspecified atom stereocenters. The van der Waals surface area contributed by atoms with Crippen molar-refractivity contribution >= 4 is 22.8 Å². The Bertz CT molecular complexity index is 1250. The van der Waals surface area contributed by atoms with Crippen molar-refractivity contribution in [3.8, 4) is 17.0 Å². The largest absolute Gasteiger partial charge is 0.493 e. The number of ether oxygens (including phenoxy) is 2. The third-order valence-electron chi connectivity index (χ3n) is 6.78. The van der Waals surface area contributed by atoms with Crippen molar-refractivity contribution in [3.05, 3.63) is 42.1 Å². The minimum absolute atomic E-state index is 0.00461. The molecule has 2 aliphatic carbocycles. The highest BCUT2D eigenvalue weighted by Gasteiger charge is 2.26. The van der Waals surface area contributed by atoms with Crippen LogP contribution >= 0.6 is 0 Å². The first-order valence-corrected chi connectivity index (χ1v) is 12.4. The van der Waals surface area contributed by atoms with Crippen LogP contribution in [0.3, 0.4) is 0 Å². The predicted octanol–water partition coefficient (Wildman–Crippen LogP) is 3.36. The second kappa shape index (κ2) is 10.6. The first kappa shape index (κ1) is 24.2. The molecule has 2 saturated carbocycles. The number of fused-ring (bicyclic) bond motifs is 1. The van der Waals surface area contributed by atoms with Crippen LogP contribution in [0, 0.1) is 11.7 Å². The lowest BCUT2D eigenvalue weighted by Crippen LogP contribution is -2.44. The Morgan fingerprint density at radius 2 is 1.83 bits per heavy atom. The van der Waals surface area contributed by atoms with Crippen LogP contribution in [0.2, 0.25) is 0 Å². The van der Waals surface area contributed by atoms with Crippen LogP contribution in [0.4, 0.5) is 4.39 Å². The normalized spacial score (nSPS) is 19.7. The monoisotopic (exact) mass is 495 g/mol. The molecule has 36 heavy (non-hydrogen) atoms. The standard InChI is InChI=1S/C26H30FN5O4/c1-35-13-22(33)31-17-5-7-18(8-6-17)32-26(34)20-11-28-25-23(29-14-30-24(20)25)19-10-16(27)4-9-21(19)36-12-15-2-3-15/h4,9-11,14-15,17-18,28H,2-3,5-8,12-13H2,1H3,(H,31,33)(H,32,34)/t17-,18-. The molecule has 0 saturated heterocycles. The number of halogens is 1. The smallest absolute Gasteiger partial charge is 0.255 e. The summed E-state index contributed by atoms with van der Waals surface area (Å²) in [6, 6.07) is 4.48. The molecule has 10 heteroatoms. The predicted molar refractivity (Wildman–Crippen MR) is 131 cm³/mol. The molecule has 2 heterocycles. The number of aromatic nitrogens is 3. The van der Waals surface area contributed by atoms with Crippen LogP contribution in [0.1, 0.15) is 48.9 Å². The van der Waals surface area contributed by atoms with E-state index in [9.17, 15) is 14.0 Å². The van der Waals surface area contributed by atoms with E-state index in [2.05, 4.69) is 25.6 Å². The Hall–Kier alpha value is -3.53. The minimum Gasteiger partial charge on any atom is -0.493 e. The maximum absolute atomic E-state index is 14.2. The highest BCUT2D eigenvalue weighted by atomic mass is 19.1. The number of benzene rings is 1. The van der Waals surface area contributed by atoms with Crippen molar-refractivity contribution in [1.29, 1.82) is 0 Å². The maximum Gasteiger partial charge on any atom is 0.255 e. The molecule has 2 aliphatic rings. The fraction of sp³-hybridized carbons (Fsp3) is 0.462. The number of nitrogens with zero attached hydrogens (tertiary/aromatic N) is 2. The number of methoxy groups -OCH3 is 1. The number of rotatable bonds is 9. The van der Waals surface area contributed by atoms with Gasteiger partial charge in [-0.3, -0.25) is 9.59 Å². The van der Waals surface area contributed by atoms with Gasteiger partial charge in [0, 0.05) is 31.0 Å². The fourth-order valence-electron chi connectivity index (χ4n) is 4.67. The average molecular weight is 496 g/mol. The van der Waals surface area contributed by atoms with Crippen molar-refractivity contribution in [3.63, 3.8) is 0 Å². The molecule has 0 atom stereocenters. The molecular formula is C26H30FN5O4. The summed E-state index contributed by atoms with van der Waals surface area (Å²) >= 11 is 0. The summed E-state index contributed by atoms with van der Waals surface area (Å²) in [6.07, 6.45) is 8.37. The molecule has 0 bridgehead atoms. The van der Waals surface area contributed by atoms with Gasteiger partial charge in [-0.1, -0.05) is 0 Å². The van der Waals surface area contributed by atoms with E-state index in [0.717, 1.165) is 38.5 Å². The molecule has 2 fully saturated rings. The number of nitrogens with one attached hydrogen (secondary N) is 3. The Morgan fingerprint density at radius 1 is 1.08 bits per heavy atom. The Morgan fingerprint density at radius 3 is 2.56 bits per heavy atom. The van der Waals surface area contributed by atoms with E-state index in [-0.39, 0.29) is 30.5 Å². The van der Waals surface area contributed by atoms with Gasteiger partial charge in [0.2, 0.25) is 5.91 Å². The summed E-state index contributed by atoms with van der Waals surface area (Å²) in [7, 11) is 1.49. The second-order valence-electron chi connectivity index (χ2n) is 9.57. The highest BCUT2D eigenvalue weighted by molar-refractivity contribution is 6.07. The Labute approximate surface area is 208 Å². The van der Waals surface area contributed by atoms with Crippen molar-refractivity contribution in [2.75, 3.05) is 20.3 Å². The lowest BCUT2D eigenvalue weighted by molar-refractivity contribution is -0.125. The lowest BCUT2D eigenvalue weighted by Gasteiger charge is -2.29. The number of carbonyl (C=O) groups is 2. The third kappa shape index (κ3) is 5.48. The van der Waals surface area contributed by atoms with Crippen molar-refractivity contribution in [2.45, 2.75) is 50.6 Å². The molecule has 9 nitrogen and oxygen atoms in total. The molecule has 190 valence electrons. The molecule has 1 aromatic carbocycles. The Balaban J connectivity index is 1.30. The van der Waals surface area contributed by atoms with Gasteiger partial charge in [0.15, 0.2) is 0 Å². The lowest BCUT2D eigenvalue weighted by atomic mass is 9.91. The molecule has 3 aromatic rings. The third-order valence-corrected chi connectivity index (χ3v) is 6.78. The number of H-pyrrole nitrogens is 1. The quantitative estimate of drug-likeness (QED) is 0.419. The van der Waals surface area contributed by atoms with E-state index in [1.807, 2.05) is 0 Å². The number of hydrogen-bond acceptors (Lipinski definition) is 6. The molecular weight excluding hydrogens is 465 g/mol. The first-order valence-electron chi connectivity index (χ1n) is 12.4. The van der Waals surface area contributed by atoms with Crippen molar-refractivity contribution in [1.82, 2.24) is 25.6 Å². The molecule has 0 spiro atoms. The minimum atomic E-state index is -0.394. The van der Waals surface area contributed by atoms with Crippen molar-refractivity contribution < 1.29 is 23.5 Å². The number of aromatic amines is 1. The summed E-state index contributed by atoms with van der Waals surface area (Å²) in [4.78, 5) is 36.7. The van der Waals surface area contributed by atoms with Gasteiger partial charge in [0.1, 0.15) is 35.7 Å². The topological polar surface area (TPSA) is 118 Å². The van der Waals surface area contributed by atoms with Gasteiger partial charge in [-0.15, -0.1) is 0 Å². The van der Waals surface area contributed by atoms with Crippen LogP contribution in [-0.2, 0) is 9.53 Å². The van der Waals surface area contributed by atoms with E-state index in [4.69, 9.17) is 9.47 Å². The second-order valence-corrected chi connectivity index (χ2v) is 9.57. The van der Waals surface area contributed by atoms with Crippen LogP contribution in [-0.4, -0.2) is 59.2 Å². The zero-order chi connectivity index (χ0) is 25.1. The zero-order valence-corrected chi connectivity index (χ0v) is 20.2. The number of hydrogen-bond donors (Lipinski definition) is 3. The molecule has 2 amide bonds. The summed E-state index contributed by atoms with van der Waals surface area (Å²) < 4.78 is 25.0. The molecule has 5 rings (SSSR count). The molecule has 0 radical (unpaired) electrons. The van der Waals surface area contributed by atoms with Crippen molar-refractivity contribution in [2.24, 2.45) is 5.92 Å². The number of amides is 2. The van der Waals surface area contributed by atoms with E-state index < -0.39 is 5.82 Å². The molecule has 0 aliphatic heterocycles. The fourth-order valence-corrected chi connectivity index (χ4v) is 4.67. The van der Waals surface area contributed by atoms with Gasteiger partial charge < -0.3 is 25.1 Å². The summed E-state index contributed by atoms with van der Waals surface area (Å²) in [5.74, 6) is 0.346. The number of carbonyl (C=O) groups excluding carboxylic acids is 2. The van der Waals surface area contributed by atoms with Crippen LogP contribution < -0.4 is 15.4 Å². The van der Waals surface area contributed by atoms with E-state index >= 15 is 0 Å². The van der Waals surface area contributed by atoms with Gasteiger partial charge in [-0.2, -0.15) is 0 Å². The van der Waals surface area contributed by atoms with Crippen LogP contribution in [0.25, 0.3) is 22.3 Å². The first-order chi connectivity index (χ1) is 17.5. The van der Waals surface area contributed by atoms with Gasteiger partial charge >= 0.3 is 0 Å². The summed E-state index contributed by atoms with van der Waals surface area (Å²) in [6.45, 7) is 0.633. The summed E-state index contributed by atoms with van der Waals surface area (Å²) in [5, 5.41) is 6.05. The molecule has 2 aromatic heterocycles. The maximum atomic E-state index is 14.2. The average Bonchev–Trinajstić information content (AvgIpc) is 3.60. The van der Waals surface area contributed by atoms with Gasteiger partial charge in [-0.05, 0) is 62.6 Å².